The van der Waals surface area contributed by atoms with Gasteiger partial charge in [-0.05, 0) is 6.26 Å². The number of nitrogens with zero attached hydrogens (tertiary/aromatic N) is 4. The van der Waals surface area contributed by atoms with Gasteiger partial charge < -0.3 is 25.8 Å². The van der Waals surface area contributed by atoms with Crippen LogP contribution in [0.25, 0.3) is 11.2 Å². The molecule has 2 aromatic rings. The fourth-order valence-corrected chi connectivity index (χ4v) is 2.88. The Labute approximate surface area is 127 Å². The maximum atomic E-state index is 13.3. The van der Waals surface area contributed by atoms with Crippen molar-refractivity contribution >= 4 is 28.7 Å². The Morgan fingerprint density at radius 1 is 1.41 bits per heavy atom. The van der Waals surface area contributed by atoms with Crippen molar-refractivity contribution in [1.29, 1.82) is 0 Å². The Morgan fingerprint density at radius 3 is 2.82 bits per heavy atom. The highest BCUT2D eigenvalue weighted by Crippen LogP contribution is 2.35. The van der Waals surface area contributed by atoms with E-state index >= 15 is 0 Å². The van der Waals surface area contributed by atoms with Gasteiger partial charge in [-0.15, -0.1) is 11.8 Å². The van der Waals surface area contributed by atoms with Gasteiger partial charge in [-0.2, -0.15) is 14.4 Å². The molecule has 0 aliphatic carbocycles. The topological polar surface area (TPSA) is 140 Å². The lowest BCUT2D eigenvalue weighted by Crippen LogP contribution is -2.37. The zero-order valence-corrected chi connectivity index (χ0v) is 12.2. The Balaban J connectivity index is 2.01. The number of imidazole rings is 1. The number of aromatic nitrogens is 4. The van der Waals surface area contributed by atoms with E-state index in [1.807, 2.05) is 0 Å². The maximum absolute atomic E-state index is 13.3. The van der Waals surface area contributed by atoms with Crippen molar-refractivity contribution in [1.82, 2.24) is 19.5 Å². The van der Waals surface area contributed by atoms with Gasteiger partial charge in [0.15, 0.2) is 23.2 Å². The highest BCUT2D eigenvalue weighted by atomic mass is 32.2. The highest BCUT2D eigenvalue weighted by molar-refractivity contribution is 7.99. The number of hydrogen-bond acceptors (Lipinski definition) is 9. The van der Waals surface area contributed by atoms with Crippen molar-refractivity contribution in [2.75, 3.05) is 12.0 Å². The molecular weight excluding hydrogens is 317 g/mol. The van der Waals surface area contributed by atoms with Gasteiger partial charge >= 0.3 is 6.08 Å². The molecular formula is C11H14FN5O4S. The average Bonchev–Trinajstić information content (AvgIpc) is 3.01. The molecule has 22 heavy (non-hydrogen) atoms. The van der Waals surface area contributed by atoms with Crippen LogP contribution in [0.4, 0.5) is 10.2 Å². The summed E-state index contributed by atoms with van der Waals surface area (Å²) < 4.78 is 20.1. The second kappa shape index (κ2) is 5.59. The fraction of sp³-hybridized carbons (Fsp3) is 0.545. The van der Waals surface area contributed by atoms with Crippen LogP contribution in [-0.4, -0.2) is 64.8 Å². The Hall–Kier alpha value is -1.53. The lowest BCUT2D eigenvalue weighted by molar-refractivity contribution is -0.0594. The van der Waals surface area contributed by atoms with Gasteiger partial charge in [-0.1, -0.05) is 0 Å². The van der Waals surface area contributed by atoms with E-state index in [0.717, 1.165) is 11.8 Å². The zero-order chi connectivity index (χ0) is 16.0. The van der Waals surface area contributed by atoms with Gasteiger partial charge in [-0.25, -0.2) is 4.98 Å². The van der Waals surface area contributed by atoms with Gasteiger partial charge in [0.25, 0.3) is 0 Å². The molecule has 11 heteroatoms. The molecule has 1 aliphatic rings. The van der Waals surface area contributed by atoms with Gasteiger partial charge in [0.2, 0.25) is 0 Å². The lowest BCUT2D eigenvalue weighted by Gasteiger charge is -2.18. The van der Waals surface area contributed by atoms with Crippen molar-refractivity contribution < 1.29 is 24.4 Å². The molecule has 0 saturated carbocycles. The van der Waals surface area contributed by atoms with E-state index in [2.05, 4.69) is 15.0 Å². The van der Waals surface area contributed by atoms with Gasteiger partial charge in [-0.3, -0.25) is 4.57 Å². The monoisotopic (exact) mass is 331 g/mol. The third-order valence-electron chi connectivity index (χ3n) is 3.49. The minimum Gasteiger partial charge on any atom is -0.387 e. The third-order valence-corrected chi connectivity index (χ3v) is 4.24. The van der Waals surface area contributed by atoms with Crippen LogP contribution in [0.3, 0.4) is 0 Å². The Kier molecular flexibility index (Phi) is 3.91. The lowest BCUT2D eigenvalue weighted by atomic mass is 10.1. The summed E-state index contributed by atoms with van der Waals surface area (Å²) in [5.74, 6) is -0.144. The van der Waals surface area contributed by atoms with Gasteiger partial charge in [0, 0.05) is 0 Å². The quantitative estimate of drug-likeness (QED) is 0.405. The number of nitrogens with two attached hydrogens (primary N) is 1. The van der Waals surface area contributed by atoms with E-state index in [1.165, 1.54) is 10.9 Å². The van der Waals surface area contributed by atoms with Crippen molar-refractivity contribution in [2.24, 2.45) is 0 Å². The molecule has 0 radical (unpaired) electrons. The summed E-state index contributed by atoms with van der Waals surface area (Å²) >= 11 is 1.06. The summed E-state index contributed by atoms with van der Waals surface area (Å²) in [7, 11) is 0. The molecule has 3 heterocycles. The second-order valence-electron chi connectivity index (χ2n) is 4.80. The van der Waals surface area contributed by atoms with Crippen LogP contribution in [0.15, 0.2) is 6.33 Å². The molecule has 1 unspecified atom stereocenters. The molecule has 5 N–H and O–H groups in total. The van der Waals surface area contributed by atoms with Crippen LogP contribution in [0.1, 0.15) is 6.23 Å². The van der Waals surface area contributed by atoms with Crippen molar-refractivity contribution in [3.63, 3.8) is 0 Å². The van der Waals surface area contributed by atoms with E-state index in [4.69, 9.17) is 10.5 Å². The molecule has 0 aromatic carbocycles. The number of nitrogen functional groups attached to an aromatic ring is 1. The minimum atomic E-state index is -1.34. The summed E-state index contributed by atoms with van der Waals surface area (Å²) in [6.07, 6.45) is -2.89. The zero-order valence-electron chi connectivity index (χ0n) is 11.4. The normalized spacial score (nSPS) is 30.0. The molecule has 1 fully saturated rings. The predicted molar refractivity (Wildman–Crippen MR) is 75.1 cm³/mol. The SMILES string of the molecule is CSC(O)[C@H]1O[C@@H](n2cnc3c(N)nc(F)nc32)[C@H](O)[C@@H]1O. The Bertz CT molecular complexity index is 700. The van der Waals surface area contributed by atoms with Gasteiger partial charge in [0.05, 0.1) is 6.33 Å². The van der Waals surface area contributed by atoms with E-state index < -0.39 is 36.1 Å². The average molecular weight is 331 g/mol. The summed E-state index contributed by atoms with van der Waals surface area (Å²) in [4.78, 5) is 10.9. The molecule has 0 spiro atoms. The highest BCUT2D eigenvalue weighted by Gasteiger charge is 2.47. The minimum absolute atomic E-state index is 0.0283. The van der Waals surface area contributed by atoms with Crippen LogP contribution in [0.2, 0.25) is 0 Å². The van der Waals surface area contributed by atoms with E-state index in [-0.39, 0.29) is 17.0 Å². The number of anilines is 1. The summed E-state index contributed by atoms with van der Waals surface area (Å²) in [6, 6.07) is 0. The predicted octanol–water partition coefficient (Wildman–Crippen LogP) is -1.15. The smallest absolute Gasteiger partial charge is 0.312 e. The van der Waals surface area contributed by atoms with Crippen LogP contribution in [-0.2, 0) is 4.74 Å². The molecule has 120 valence electrons. The van der Waals surface area contributed by atoms with Crippen LogP contribution < -0.4 is 5.73 Å². The standard InChI is InChI=1S/C11H14FN5O4S/c1-22-10(20)6-4(18)5(19)9(21-6)17-2-14-3-7(13)15-11(12)16-8(3)17/h2,4-6,9-10,18-20H,1H3,(H2,13,15,16)/t4-,5+,6-,9+,10?/m0/s1. The molecule has 0 bridgehead atoms. The Morgan fingerprint density at radius 2 is 2.14 bits per heavy atom. The van der Waals surface area contributed by atoms with Crippen LogP contribution in [0, 0.1) is 6.08 Å². The van der Waals surface area contributed by atoms with Crippen LogP contribution in [0.5, 0.6) is 0 Å². The number of ether oxygens (including phenoxy) is 1. The first-order valence-corrected chi connectivity index (χ1v) is 7.61. The van der Waals surface area contributed by atoms with Crippen molar-refractivity contribution in [3.8, 4) is 0 Å². The molecule has 2 aromatic heterocycles. The largest absolute Gasteiger partial charge is 0.387 e. The second-order valence-corrected chi connectivity index (χ2v) is 5.76. The number of fused-ring (bicyclic) bond motifs is 1. The summed E-state index contributed by atoms with van der Waals surface area (Å²) in [5.41, 5.74) is 4.72. The molecule has 3 rings (SSSR count). The first kappa shape index (κ1) is 15.4. The number of aliphatic hydroxyl groups is 3. The summed E-state index contributed by atoms with van der Waals surface area (Å²) in [5, 5.41) is 29.9. The third kappa shape index (κ3) is 2.30. The van der Waals surface area contributed by atoms with E-state index in [9.17, 15) is 19.7 Å². The van der Waals surface area contributed by atoms with E-state index in [0.29, 0.717) is 0 Å². The number of aliphatic hydroxyl groups excluding tert-OH is 3. The maximum Gasteiger partial charge on any atom is 0.312 e. The number of thioether (sulfide) groups is 1. The van der Waals surface area contributed by atoms with Gasteiger partial charge in [0.1, 0.15) is 23.7 Å². The number of rotatable bonds is 3. The number of hydrogen-bond donors (Lipinski definition) is 4. The van der Waals surface area contributed by atoms with Crippen molar-refractivity contribution in [3.05, 3.63) is 12.4 Å². The summed E-state index contributed by atoms with van der Waals surface area (Å²) in [6.45, 7) is 0. The van der Waals surface area contributed by atoms with E-state index in [1.54, 1.807) is 6.26 Å². The fourth-order valence-electron chi connectivity index (χ4n) is 2.38. The first-order valence-electron chi connectivity index (χ1n) is 6.32. The van der Waals surface area contributed by atoms with Crippen LogP contribution >= 0.6 is 11.8 Å². The molecule has 9 nitrogen and oxygen atoms in total. The molecule has 0 amide bonds. The first-order chi connectivity index (χ1) is 10.4. The molecule has 5 atom stereocenters. The number of halogens is 1. The molecule has 1 aliphatic heterocycles. The molecule has 1 saturated heterocycles. The van der Waals surface area contributed by atoms with Crippen molar-refractivity contribution in [2.45, 2.75) is 30.0 Å².